The molecule has 0 radical (unpaired) electrons. The van der Waals surface area contributed by atoms with Crippen LogP contribution in [-0.2, 0) is 24.0 Å². The van der Waals surface area contributed by atoms with Crippen molar-refractivity contribution in [2.75, 3.05) is 34.2 Å². The molecule has 0 aromatic heterocycles. The van der Waals surface area contributed by atoms with E-state index in [0.717, 1.165) is 6.42 Å². The minimum absolute atomic E-state index is 0.0417. The van der Waals surface area contributed by atoms with E-state index in [1.807, 2.05) is 81.3 Å². The molecule has 0 spiro atoms. The van der Waals surface area contributed by atoms with Gasteiger partial charge in [-0.1, -0.05) is 41.5 Å². The van der Waals surface area contributed by atoms with Crippen LogP contribution >= 0.6 is 0 Å². The van der Waals surface area contributed by atoms with Crippen LogP contribution in [0.4, 0.5) is 0 Å². The Morgan fingerprint density at radius 3 is 1.72 bits per heavy atom. The number of carbonyl (C=O) groups excluding carboxylic acids is 5. The van der Waals surface area contributed by atoms with Crippen molar-refractivity contribution >= 4 is 29.5 Å². The number of amides is 5. The maximum Gasteiger partial charge on any atom is 0.246 e. The van der Waals surface area contributed by atoms with Crippen molar-refractivity contribution in [1.82, 2.24) is 30.2 Å². The third-order valence-corrected chi connectivity index (χ3v) is 8.49. The molecule has 0 bridgehead atoms. The lowest BCUT2D eigenvalue weighted by molar-refractivity contribution is -0.153. The van der Waals surface area contributed by atoms with Crippen molar-refractivity contribution < 1.29 is 24.0 Å². The number of nitrogens with one attached hydrogen (secondary N) is 2. The predicted molar refractivity (Wildman–Crippen MR) is 168 cm³/mol. The molecule has 5 amide bonds. The second-order valence-electron chi connectivity index (χ2n) is 14.6. The highest BCUT2D eigenvalue weighted by molar-refractivity contribution is 5.96. The summed E-state index contributed by atoms with van der Waals surface area (Å²) in [6.07, 6.45) is 2.51. The molecule has 2 rings (SSSR count). The first-order chi connectivity index (χ1) is 19.8. The Morgan fingerprint density at radius 1 is 0.744 bits per heavy atom. The summed E-state index contributed by atoms with van der Waals surface area (Å²) < 4.78 is 0. The van der Waals surface area contributed by atoms with Crippen LogP contribution in [0.3, 0.4) is 0 Å². The van der Waals surface area contributed by atoms with Crippen LogP contribution in [0.5, 0.6) is 0 Å². The van der Waals surface area contributed by atoms with Crippen molar-refractivity contribution in [2.45, 2.75) is 124 Å². The lowest BCUT2D eigenvalue weighted by atomic mass is 9.96. The van der Waals surface area contributed by atoms with Gasteiger partial charge in [-0.2, -0.15) is 0 Å². The molecule has 11 nitrogen and oxygen atoms in total. The second-order valence-corrected chi connectivity index (χ2v) is 14.6. The zero-order valence-electron chi connectivity index (χ0n) is 28.7. The molecule has 2 saturated heterocycles. The van der Waals surface area contributed by atoms with Gasteiger partial charge in [0, 0.05) is 25.7 Å². The third-order valence-electron chi connectivity index (χ3n) is 8.49. The second kappa shape index (κ2) is 14.9. The van der Waals surface area contributed by atoms with E-state index in [2.05, 4.69) is 10.6 Å². The van der Waals surface area contributed by atoms with Gasteiger partial charge in [0.15, 0.2) is 0 Å². The number of hydrogen-bond acceptors (Lipinski definition) is 6. The first kappa shape index (κ1) is 36.5. The summed E-state index contributed by atoms with van der Waals surface area (Å²) in [5, 5.41) is 5.96. The van der Waals surface area contributed by atoms with E-state index in [9.17, 15) is 24.0 Å². The van der Waals surface area contributed by atoms with Crippen LogP contribution in [0.25, 0.3) is 0 Å². The van der Waals surface area contributed by atoms with E-state index in [1.54, 1.807) is 16.8 Å². The molecular formula is C32H58N6O5. The summed E-state index contributed by atoms with van der Waals surface area (Å²) in [5.74, 6) is -1.61. The molecule has 2 N–H and O–H groups in total. The summed E-state index contributed by atoms with van der Waals surface area (Å²) >= 11 is 0. The number of rotatable bonds is 11. The molecule has 1 unspecified atom stereocenters. The maximum atomic E-state index is 14.2. The molecule has 11 heteroatoms. The first-order valence-electron chi connectivity index (χ1n) is 16.0. The van der Waals surface area contributed by atoms with E-state index in [-0.39, 0.29) is 47.3 Å². The Labute approximate surface area is 259 Å². The lowest BCUT2D eigenvalue weighted by Gasteiger charge is -2.39. The van der Waals surface area contributed by atoms with Crippen molar-refractivity contribution in [3.63, 3.8) is 0 Å². The fourth-order valence-corrected chi connectivity index (χ4v) is 6.54. The Bertz CT molecular complexity index is 1010. The van der Waals surface area contributed by atoms with Gasteiger partial charge in [0.25, 0.3) is 0 Å². The highest BCUT2D eigenvalue weighted by Crippen LogP contribution is 2.28. The van der Waals surface area contributed by atoms with E-state index in [0.29, 0.717) is 32.4 Å². The molecule has 2 aliphatic heterocycles. The van der Waals surface area contributed by atoms with Crippen molar-refractivity contribution in [1.29, 1.82) is 0 Å². The van der Waals surface area contributed by atoms with E-state index in [1.165, 1.54) is 4.90 Å². The van der Waals surface area contributed by atoms with Gasteiger partial charge in [0.1, 0.15) is 24.2 Å². The monoisotopic (exact) mass is 606 g/mol. The van der Waals surface area contributed by atoms with E-state index >= 15 is 0 Å². The molecule has 0 aliphatic carbocycles. The normalized spacial score (nSPS) is 21.4. The average Bonchev–Trinajstić information content (AvgIpc) is 3.55. The molecule has 2 fully saturated rings. The molecule has 43 heavy (non-hydrogen) atoms. The van der Waals surface area contributed by atoms with Crippen LogP contribution in [0, 0.1) is 17.8 Å². The Balaban J connectivity index is 2.27. The molecule has 2 aliphatic rings. The molecule has 0 aromatic carbocycles. The number of nitrogens with zero attached hydrogens (tertiary/aromatic N) is 4. The summed E-state index contributed by atoms with van der Waals surface area (Å²) in [6.45, 7) is 18.1. The minimum atomic E-state index is -0.813. The number of hydrogen-bond donors (Lipinski definition) is 2. The van der Waals surface area contributed by atoms with Crippen molar-refractivity contribution in [3.05, 3.63) is 0 Å². The van der Waals surface area contributed by atoms with Crippen LogP contribution in [-0.4, -0.2) is 119 Å². The number of likely N-dealkylation sites (N-methyl/N-ethyl adjacent to an activating group) is 2. The summed E-state index contributed by atoms with van der Waals surface area (Å²) in [7, 11) is 5.29. The van der Waals surface area contributed by atoms with Gasteiger partial charge in [-0.15, -0.1) is 0 Å². The van der Waals surface area contributed by atoms with Gasteiger partial charge >= 0.3 is 0 Å². The fraction of sp³-hybridized carbons (Fsp3) is 0.844. The Morgan fingerprint density at radius 2 is 1.26 bits per heavy atom. The molecule has 5 atom stereocenters. The standard InChI is InChI=1S/C32H58N6O5/c1-19(2)24(33-28(40)25(20(3)4)35(10)11)30(42)36(12)26(21(5)6)31(43)38-18-14-16-23(38)29(41)37-17-13-15-22(37)27(39)34-32(7,8)9/h19-26H,13-18H2,1-12H3,(H,33,40)(H,34,39)/t22-,23-,24-,25-,26?/m0/s1. The van der Waals surface area contributed by atoms with Gasteiger partial charge in [0.05, 0.1) is 6.04 Å². The largest absolute Gasteiger partial charge is 0.350 e. The van der Waals surface area contributed by atoms with Crippen LogP contribution < -0.4 is 10.6 Å². The summed E-state index contributed by atoms with van der Waals surface area (Å²) in [4.78, 5) is 74.7. The minimum Gasteiger partial charge on any atom is -0.350 e. The fourth-order valence-electron chi connectivity index (χ4n) is 6.54. The van der Waals surface area contributed by atoms with Gasteiger partial charge in [-0.25, -0.2) is 0 Å². The van der Waals surface area contributed by atoms with E-state index < -0.39 is 35.7 Å². The lowest BCUT2D eigenvalue weighted by Crippen LogP contribution is -2.61. The zero-order valence-corrected chi connectivity index (χ0v) is 28.7. The Hall–Kier alpha value is -2.69. The quantitative estimate of drug-likeness (QED) is 0.372. The van der Waals surface area contributed by atoms with Crippen LogP contribution in [0.1, 0.15) is 88.0 Å². The Kier molecular flexibility index (Phi) is 12.6. The van der Waals surface area contributed by atoms with Crippen LogP contribution in [0.15, 0.2) is 0 Å². The van der Waals surface area contributed by atoms with E-state index in [4.69, 9.17) is 0 Å². The van der Waals surface area contributed by atoms with Crippen molar-refractivity contribution in [2.24, 2.45) is 17.8 Å². The topological polar surface area (TPSA) is 122 Å². The molecule has 246 valence electrons. The number of likely N-dealkylation sites (tertiary alicyclic amines) is 2. The first-order valence-corrected chi connectivity index (χ1v) is 16.0. The summed E-state index contributed by atoms with van der Waals surface area (Å²) in [5.41, 5.74) is -0.416. The highest BCUT2D eigenvalue weighted by atomic mass is 16.2. The van der Waals surface area contributed by atoms with Gasteiger partial charge in [0.2, 0.25) is 29.5 Å². The van der Waals surface area contributed by atoms with Gasteiger partial charge in [-0.05, 0) is 78.3 Å². The van der Waals surface area contributed by atoms with Crippen molar-refractivity contribution in [3.8, 4) is 0 Å². The average molecular weight is 607 g/mol. The third kappa shape index (κ3) is 8.92. The summed E-state index contributed by atoms with van der Waals surface area (Å²) in [6, 6.07) is -3.25. The van der Waals surface area contributed by atoms with Gasteiger partial charge < -0.3 is 25.3 Å². The molecular weight excluding hydrogens is 548 g/mol. The SMILES string of the molecule is CC(C)C(C(=O)N1CCC[C@H]1C(=O)N1CCC[C@H]1C(=O)NC(C)(C)C)N(C)C(=O)[C@@H](NC(=O)[C@H](C(C)C)N(C)C)C(C)C. The predicted octanol–water partition coefficient (Wildman–Crippen LogP) is 2.09. The zero-order chi connectivity index (χ0) is 33.0. The smallest absolute Gasteiger partial charge is 0.246 e. The maximum absolute atomic E-state index is 14.2. The number of carbonyl (C=O) groups is 5. The van der Waals surface area contributed by atoms with Gasteiger partial charge in [-0.3, -0.25) is 28.9 Å². The highest BCUT2D eigenvalue weighted by Gasteiger charge is 2.46. The van der Waals surface area contributed by atoms with Crippen LogP contribution in [0.2, 0.25) is 0 Å². The molecule has 0 saturated carbocycles. The molecule has 2 heterocycles. The molecule has 0 aromatic rings.